The largest absolute Gasteiger partial charge is 0.497 e. The molecule has 1 N–H and O–H groups in total. The van der Waals surface area contributed by atoms with Crippen molar-refractivity contribution < 1.29 is 14.3 Å². The molecule has 0 atom stereocenters. The van der Waals surface area contributed by atoms with Crippen molar-refractivity contribution >= 4 is 11.8 Å². The van der Waals surface area contributed by atoms with Crippen molar-refractivity contribution in [1.82, 2.24) is 4.90 Å². The van der Waals surface area contributed by atoms with Gasteiger partial charge in [-0.25, -0.2) is 4.79 Å². The van der Waals surface area contributed by atoms with Gasteiger partial charge in [0, 0.05) is 18.3 Å². The highest BCUT2D eigenvalue weighted by Gasteiger charge is 2.03. The normalized spacial score (nSPS) is 10.1. The molecule has 0 radical (unpaired) electrons. The molecule has 0 saturated heterocycles. The number of carbonyl (C=O) groups excluding carboxylic acids is 1. The van der Waals surface area contributed by atoms with Crippen molar-refractivity contribution in [2.24, 2.45) is 0 Å². The summed E-state index contributed by atoms with van der Waals surface area (Å²) in [4.78, 5) is 13.3. The van der Waals surface area contributed by atoms with Crippen LogP contribution in [0.3, 0.4) is 0 Å². The van der Waals surface area contributed by atoms with Crippen LogP contribution in [-0.4, -0.2) is 45.3 Å². The molecule has 0 heterocycles. The fraction of sp³-hybridized carbons (Fsp3) is 0.417. The van der Waals surface area contributed by atoms with Gasteiger partial charge in [0.15, 0.2) is 0 Å². The molecule has 0 aliphatic rings. The maximum atomic E-state index is 11.4. The molecular weight excluding hydrogens is 220 g/mol. The Labute approximate surface area is 101 Å². The summed E-state index contributed by atoms with van der Waals surface area (Å²) in [6, 6.07) is 7.11. The smallest absolute Gasteiger partial charge is 0.411 e. The third-order valence-electron chi connectivity index (χ3n) is 2.09. The number of hydrogen-bond donors (Lipinski definition) is 1. The minimum absolute atomic E-state index is 0.364. The Morgan fingerprint density at radius 3 is 2.82 bits per heavy atom. The van der Waals surface area contributed by atoms with E-state index in [1.807, 2.05) is 25.1 Å². The molecule has 0 saturated carbocycles. The van der Waals surface area contributed by atoms with Crippen LogP contribution in [0.5, 0.6) is 5.75 Å². The van der Waals surface area contributed by atoms with E-state index in [0.717, 1.165) is 0 Å². The molecule has 1 aromatic rings. The fourth-order valence-corrected chi connectivity index (χ4v) is 1.18. The summed E-state index contributed by atoms with van der Waals surface area (Å²) < 4.78 is 10.0. The highest BCUT2D eigenvalue weighted by molar-refractivity contribution is 5.84. The zero-order chi connectivity index (χ0) is 12.7. The van der Waals surface area contributed by atoms with E-state index in [9.17, 15) is 4.79 Å². The van der Waals surface area contributed by atoms with Gasteiger partial charge in [-0.1, -0.05) is 6.07 Å². The second-order valence-electron chi connectivity index (χ2n) is 3.80. The van der Waals surface area contributed by atoms with Crippen molar-refractivity contribution in [3.63, 3.8) is 0 Å². The maximum absolute atomic E-state index is 11.4. The van der Waals surface area contributed by atoms with Crippen molar-refractivity contribution in [2.45, 2.75) is 0 Å². The highest BCUT2D eigenvalue weighted by Crippen LogP contribution is 2.16. The van der Waals surface area contributed by atoms with Gasteiger partial charge in [-0.3, -0.25) is 5.32 Å². The van der Waals surface area contributed by atoms with Crippen LogP contribution in [0.15, 0.2) is 24.3 Å². The van der Waals surface area contributed by atoms with Gasteiger partial charge < -0.3 is 14.4 Å². The monoisotopic (exact) mass is 238 g/mol. The van der Waals surface area contributed by atoms with Crippen LogP contribution in [0.4, 0.5) is 10.5 Å². The number of carbonyl (C=O) groups is 1. The summed E-state index contributed by atoms with van der Waals surface area (Å²) in [5, 5.41) is 2.63. The van der Waals surface area contributed by atoms with Crippen LogP contribution in [0.25, 0.3) is 0 Å². The van der Waals surface area contributed by atoms with Crippen molar-refractivity contribution in [1.29, 1.82) is 0 Å². The second kappa shape index (κ2) is 6.75. The van der Waals surface area contributed by atoms with Crippen LogP contribution >= 0.6 is 0 Å². The van der Waals surface area contributed by atoms with Crippen molar-refractivity contribution in [3.05, 3.63) is 24.3 Å². The summed E-state index contributed by atoms with van der Waals surface area (Å²) >= 11 is 0. The van der Waals surface area contributed by atoms with Gasteiger partial charge in [0.05, 0.1) is 7.11 Å². The highest BCUT2D eigenvalue weighted by atomic mass is 16.5. The molecule has 5 nitrogen and oxygen atoms in total. The molecule has 0 bridgehead atoms. The molecule has 0 aromatic heterocycles. The average molecular weight is 238 g/mol. The molecular formula is C12H18N2O3. The molecule has 1 rings (SSSR count). The number of amides is 1. The first-order valence-electron chi connectivity index (χ1n) is 5.34. The SMILES string of the molecule is COc1cccc(NC(=O)OCCN(C)C)c1. The standard InChI is InChI=1S/C12H18N2O3/c1-14(2)7-8-17-12(15)13-10-5-4-6-11(9-10)16-3/h4-6,9H,7-8H2,1-3H3,(H,13,15). The Balaban J connectivity index is 2.39. The number of rotatable bonds is 5. The summed E-state index contributed by atoms with van der Waals surface area (Å²) in [5.41, 5.74) is 0.652. The number of benzene rings is 1. The minimum atomic E-state index is -0.458. The van der Waals surface area contributed by atoms with Crippen LogP contribution < -0.4 is 10.1 Å². The summed E-state index contributed by atoms with van der Waals surface area (Å²) in [6.45, 7) is 1.06. The molecule has 1 amide bonds. The Morgan fingerprint density at radius 2 is 2.18 bits per heavy atom. The predicted molar refractivity (Wildman–Crippen MR) is 66.5 cm³/mol. The van der Waals surface area contributed by atoms with Crippen LogP contribution in [0.1, 0.15) is 0 Å². The van der Waals surface area contributed by atoms with Crippen LogP contribution in [0, 0.1) is 0 Å². The van der Waals surface area contributed by atoms with Gasteiger partial charge in [0.2, 0.25) is 0 Å². The van der Waals surface area contributed by atoms with E-state index in [2.05, 4.69) is 5.32 Å². The number of hydrogen-bond acceptors (Lipinski definition) is 4. The van der Waals surface area contributed by atoms with Gasteiger partial charge in [0.25, 0.3) is 0 Å². The molecule has 0 fully saturated rings. The lowest BCUT2D eigenvalue weighted by molar-refractivity contribution is 0.151. The van der Waals surface area contributed by atoms with E-state index in [-0.39, 0.29) is 0 Å². The van der Waals surface area contributed by atoms with Gasteiger partial charge in [0.1, 0.15) is 12.4 Å². The molecule has 17 heavy (non-hydrogen) atoms. The van der Waals surface area contributed by atoms with E-state index in [1.165, 1.54) is 0 Å². The third-order valence-corrected chi connectivity index (χ3v) is 2.09. The Morgan fingerprint density at radius 1 is 1.41 bits per heavy atom. The first-order valence-corrected chi connectivity index (χ1v) is 5.34. The summed E-state index contributed by atoms with van der Waals surface area (Å²) in [7, 11) is 5.42. The van der Waals surface area contributed by atoms with Crippen molar-refractivity contribution in [3.8, 4) is 5.75 Å². The lowest BCUT2D eigenvalue weighted by atomic mass is 10.3. The molecule has 5 heteroatoms. The van der Waals surface area contributed by atoms with Crippen LogP contribution in [0.2, 0.25) is 0 Å². The zero-order valence-electron chi connectivity index (χ0n) is 10.4. The Kier molecular flexibility index (Phi) is 5.29. The lowest BCUT2D eigenvalue weighted by Crippen LogP contribution is -2.22. The lowest BCUT2D eigenvalue weighted by Gasteiger charge is -2.11. The zero-order valence-corrected chi connectivity index (χ0v) is 10.4. The van der Waals surface area contributed by atoms with Gasteiger partial charge in [-0.2, -0.15) is 0 Å². The molecule has 0 spiro atoms. The quantitative estimate of drug-likeness (QED) is 0.850. The number of nitrogens with one attached hydrogen (secondary N) is 1. The number of methoxy groups -OCH3 is 1. The first-order chi connectivity index (χ1) is 8.11. The summed E-state index contributed by atoms with van der Waals surface area (Å²) in [5.74, 6) is 0.691. The van der Waals surface area contributed by atoms with Crippen molar-refractivity contribution in [2.75, 3.05) is 39.7 Å². The van der Waals surface area contributed by atoms with E-state index in [1.54, 1.807) is 25.3 Å². The van der Waals surface area contributed by atoms with Crippen LogP contribution in [-0.2, 0) is 4.74 Å². The third kappa shape index (κ3) is 5.21. The predicted octanol–water partition coefficient (Wildman–Crippen LogP) is 1.81. The van der Waals surface area contributed by atoms with E-state index < -0.39 is 6.09 Å². The van der Waals surface area contributed by atoms with Gasteiger partial charge in [-0.15, -0.1) is 0 Å². The van der Waals surface area contributed by atoms with Gasteiger partial charge >= 0.3 is 6.09 Å². The Hall–Kier alpha value is -1.75. The summed E-state index contributed by atoms with van der Waals surface area (Å²) in [6.07, 6.45) is -0.458. The minimum Gasteiger partial charge on any atom is -0.497 e. The Bertz CT molecular complexity index is 367. The number of likely N-dealkylation sites (N-methyl/N-ethyl adjacent to an activating group) is 1. The molecule has 94 valence electrons. The fourth-order valence-electron chi connectivity index (χ4n) is 1.18. The molecule has 1 aromatic carbocycles. The number of anilines is 1. The van der Waals surface area contributed by atoms with E-state index in [0.29, 0.717) is 24.6 Å². The molecule has 0 aliphatic carbocycles. The maximum Gasteiger partial charge on any atom is 0.411 e. The van der Waals surface area contributed by atoms with E-state index >= 15 is 0 Å². The van der Waals surface area contributed by atoms with Gasteiger partial charge in [-0.05, 0) is 26.2 Å². The van der Waals surface area contributed by atoms with E-state index in [4.69, 9.17) is 9.47 Å². The number of ether oxygens (including phenoxy) is 2. The average Bonchev–Trinajstić information content (AvgIpc) is 2.28. The second-order valence-corrected chi connectivity index (χ2v) is 3.80. The number of nitrogens with zero attached hydrogens (tertiary/aromatic N) is 1. The topological polar surface area (TPSA) is 50.8 Å². The molecule has 0 aliphatic heterocycles. The first kappa shape index (κ1) is 13.3. The molecule has 0 unspecified atom stereocenters.